The molecule has 0 fully saturated rings. The number of nitrogens with two attached hydrogens (primary N) is 1. The molecule has 0 aliphatic heterocycles. The van der Waals surface area contributed by atoms with Gasteiger partial charge in [-0.05, 0) is 25.8 Å². The van der Waals surface area contributed by atoms with Crippen LogP contribution in [0.4, 0.5) is 0 Å². The summed E-state index contributed by atoms with van der Waals surface area (Å²) in [7, 11) is 2.15. The van der Waals surface area contributed by atoms with Gasteiger partial charge >= 0.3 is 0 Å². The Labute approximate surface area is 102 Å². The third-order valence-corrected chi connectivity index (χ3v) is 3.77. The zero-order valence-corrected chi connectivity index (χ0v) is 11.2. The van der Waals surface area contributed by atoms with E-state index in [0.29, 0.717) is 12.6 Å². The van der Waals surface area contributed by atoms with Crippen LogP contribution in [0.3, 0.4) is 0 Å². The summed E-state index contributed by atoms with van der Waals surface area (Å²) in [5.41, 5.74) is 7.03. The Morgan fingerprint density at radius 1 is 1.56 bits per heavy atom. The van der Waals surface area contributed by atoms with E-state index in [9.17, 15) is 0 Å². The van der Waals surface area contributed by atoms with E-state index in [-0.39, 0.29) is 6.04 Å². The van der Waals surface area contributed by atoms with Gasteiger partial charge in [0.25, 0.3) is 0 Å². The van der Waals surface area contributed by atoms with Gasteiger partial charge in [-0.2, -0.15) is 11.8 Å². The lowest BCUT2D eigenvalue weighted by Crippen LogP contribution is -2.39. The number of thioether (sulfide) groups is 1. The summed E-state index contributed by atoms with van der Waals surface area (Å²) < 4.78 is 5.13. The fourth-order valence-electron chi connectivity index (χ4n) is 1.97. The van der Waals surface area contributed by atoms with Crippen LogP contribution in [-0.2, 0) is 0 Å². The van der Waals surface area contributed by atoms with E-state index in [1.807, 2.05) is 17.8 Å². The Balaban J connectivity index is 2.71. The molecule has 4 heteroatoms. The van der Waals surface area contributed by atoms with Crippen molar-refractivity contribution in [1.82, 2.24) is 4.90 Å². The van der Waals surface area contributed by atoms with Crippen LogP contribution in [0.5, 0.6) is 0 Å². The van der Waals surface area contributed by atoms with Crippen molar-refractivity contribution in [1.29, 1.82) is 0 Å². The Hall–Kier alpha value is -0.450. The normalized spacial score (nSPS) is 15.3. The van der Waals surface area contributed by atoms with E-state index < -0.39 is 0 Å². The molecular formula is C12H22N2OS. The van der Waals surface area contributed by atoms with Crippen LogP contribution in [0.25, 0.3) is 0 Å². The van der Waals surface area contributed by atoms with Gasteiger partial charge in [0.2, 0.25) is 0 Å². The molecule has 1 aromatic rings. The fourth-order valence-corrected chi connectivity index (χ4v) is 2.83. The Morgan fingerprint density at radius 3 is 2.75 bits per heavy atom. The highest BCUT2D eigenvalue weighted by Gasteiger charge is 2.22. The zero-order chi connectivity index (χ0) is 12.0. The number of likely N-dealkylation sites (N-methyl/N-ethyl adjacent to an activating group) is 1. The maximum atomic E-state index is 5.86. The molecule has 2 unspecified atom stereocenters. The van der Waals surface area contributed by atoms with Crippen LogP contribution in [0, 0.1) is 0 Å². The maximum Gasteiger partial charge on any atom is 0.0950 e. The van der Waals surface area contributed by atoms with E-state index in [1.165, 1.54) is 5.56 Å². The van der Waals surface area contributed by atoms with Gasteiger partial charge in [0.15, 0.2) is 0 Å². The molecule has 16 heavy (non-hydrogen) atoms. The average Bonchev–Trinajstić information content (AvgIpc) is 2.80. The van der Waals surface area contributed by atoms with Crippen molar-refractivity contribution in [3.8, 4) is 0 Å². The highest BCUT2D eigenvalue weighted by atomic mass is 32.2. The van der Waals surface area contributed by atoms with E-state index in [2.05, 4.69) is 25.1 Å². The van der Waals surface area contributed by atoms with E-state index in [0.717, 1.165) is 12.2 Å². The van der Waals surface area contributed by atoms with Gasteiger partial charge in [0.1, 0.15) is 0 Å². The van der Waals surface area contributed by atoms with Crippen molar-refractivity contribution >= 4 is 11.8 Å². The number of hydrogen-bond donors (Lipinski definition) is 1. The van der Waals surface area contributed by atoms with Crippen LogP contribution in [0.15, 0.2) is 23.0 Å². The SMILES string of the molecule is CCC(CSC)N(C)C(CN)c1ccoc1. The predicted octanol–water partition coefficient (Wildman–Crippen LogP) is 2.35. The van der Waals surface area contributed by atoms with Crippen molar-refractivity contribution in [3.63, 3.8) is 0 Å². The maximum absolute atomic E-state index is 5.86. The van der Waals surface area contributed by atoms with Gasteiger partial charge in [0.05, 0.1) is 18.6 Å². The molecule has 3 nitrogen and oxygen atoms in total. The van der Waals surface area contributed by atoms with Crippen molar-refractivity contribution < 1.29 is 4.42 Å². The predicted molar refractivity (Wildman–Crippen MR) is 70.7 cm³/mol. The van der Waals surface area contributed by atoms with Crippen LogP contribution in [0.1, 0.15) is 24.9 Å². The Bertz CT molecular complexity index is 277. The number of furan rings is 1. The summed E-state index contributed by atoms with van der Waals surface area (Å²) in [6.07, 6.45) is 6.79. The second kappa shape index (κ2) is 6.99. The molecule has 0 aliphatic rings. The van der Waals surface area contributed by atoms with Gasteiger partial charge in [0, 0.05) is 23.9 Å². The first-order valence-electron chi connectivity index (χ1n) is 5.67. The minimum absolute atomic E-state index is 0.260. The third-order valence-electron chi connectivity index (χ3n) is 3.05. The number of rotatable bonds is 7. The monoisotopic (exact) mass is 242 g/mol. The standard InChI is InChI=1S/C12H22N2OS/c1-4-11(9-16-3)14(2)12(7-13)10-5-6-15-8-10/h5-6,8,11-12H,4,7,9,13H2,1-3H3. The molecule has 0 aromatic carbocycles. The van der Waals surface area contributed by atoms with Gasteiger partial charge < -0.3 is 10.2 Å². The molecule has 0 spiro atoms. The van der Waals surface area contributed by atoms with Crippen LogP contribution < -0.4 is 5.73 Å². The summed E-state index contributed by atoms with van der Waals surface area (Å²) in [4.78, 5) is 2.36. The molecular weight excluding hydrogens is 220 g/mol. The second-order valence-electron chi connectivity index (χ2n) is 3.99. The minimum atomic E-state index is 0.260. The number of nitrogens with zero attached hydrogens (tertiary/aromatic N) is 1. The summed E-state index contributed by atoms with van der Waals surface area (Å²) in [6.45, 7) is 2.85. The summed E-state index contributed by atoms with van der Waals surface area (Å²) >= 11 is 1.88. The summed E-state index contributed by atoms with van der Waals surface area (Å²) in [5.74, 6) is 1.14. The molecule has 2 N–H and O–H groups in total. The van der Waals surface area contributed by atoms with Crippen molar-refractivity contribution in [2.24, 2.45) is 5.73 Å². The lowest BCUT2D eigenvalue weighted by Gasteiger charge is -2.33. The quantitative estimate of drug-likeness (QED) is 0.797. The zero-order valence-electron chi connectivity index (χ0n) is 10.3. The summed E-state index contributed by atoms with van der Waals surface area (Å²) in [6, 6.07) is 2.83. The minimum Gasteiger partial charge on any atom is -0.472 e. The van der Waals surface area contributed by atoms with E-state index in [4.69, 9.17) is 10.2 Å². The van der Waals surface area contributed by atoms with Gasteiger partial charge in [-0.1, -0.05) is 6.92 Å². The molecule has 1 rings (SSSR count). The second-order valence-corrected chi connectivity index (χ2v) is 4.90. The molecule has 0 saturated carbocycles. The average molecular weight is 242 g/mol. The van der Waals surface area contributed by atoms with E-state index >= 15 is 0 Å². The largest absolute Gasteiger partial charge is 0.472 e. The number of hydrogen-bond acceptors (Lipinski definition) is 4. The molecule has 0 radical (unpaired) electrons. The molecule has 0 saturated heterocycles. The Morgan fingerprint density at radius 2 is 2.31 bits per heavy atom. The lowest BCUT2D eigenvalue weighted by atomic mass is 10.1. The molecule has 0 amide bonds. The third kappa shape index (κ3) is 3.27. The van der Waals surface area contributed by atoms with Crippen LogP contribution in [0.2, 0.25) is 0 Å². The van der Waals surface area contributed by atoms with Crippen molar-refractivity contribution in [2.75, 3.05) is 25.6 Å². The van der Waals surface area contributed by atoms with Gasteiger partial charge in [-0.15, -0.1) is 0 Å². The lowest BCUT2D eigenvalue weighted by molar-refractivity contribution is 0.187. The van der Waals surface area contributed by atoms with Crippen molar-refractivity contribution in [3.05, 3.63) is 24.2 Å². The molecule has 2 atom stereocenters. The van der Waals surface area contributed by atoms with Gasteiger partial charge in [-0.3, -0.25) is 4.90 Å². The highest BCUT2D eigenvalue weighted by molar-refractivity contribution is 7.98. The molecule has 92 valence electrons. The topological polar surface area (TPSA) is 42.4 Å². The first kappa shape index (κ1) is 13.6. The van der Waals surface area contributed by atoms with E-state index in [1.54, 1.807) is 12.5 Å². The smallest absolute Gasteiger partial charge is 0.0950 e. The van der Waals surface area contributed by atoms with Crippen LogP contribution >= 0.6 is 11.8 Å². The van der Waals surface area contributed by atoms with Crippen LogP contribution in [-0.4, -0.2) is 36.5 Å². The first-order chi connectivity index (χ1) is 7.74. The first-order valence-corrected chi connectivity index (χ1v) is 7.07. The Kier molecular flexibility index (Phi) is 5.95. The van der Waals surface area contributed by atoms with Crippen molar-refractivity contribution in [2.45, 2.75) is 25.4 Å². The summed E-state index contributed by atoms with van der Waals surface area (Å²) in [5, 5.41) is 0. The molecule has 0 bridgehead atoms. The fraction of sp³-hybridized carbons (Fsp3) is 0.667. The molecule has 1 aromatic heterocycles. The molecule has 0 aliphatic carbocycles. The van der Waals surface area contributed by atoms with Gasteiger partial charge in [-0.25, -0.2) is 0 Å². The molecule has 1 heterocycles. The highest BCUT2D eigenvalue weighted by Crippen LogP contribution is 2.23.